The van der Waals surface area contributed by atoms with Crippen LogP contribution in [-0.2, 0) is 23.8 Å². The van der Waals surface area contributed by atoms with Gasteiger partial charge in [-0.25, -0.2) is 4.79 Å². The van der Waals surface area contributed by atoms with E-state index in [2.05, 4.69) is 0 Å². The SMILES string of the molecule is CC(C)[C@@]1(OC(C(=O)OC(C)(C)C)=C2C=CC=CC=C2)CCC(=O)O1. The molecule has 25 heavy (non-hydrogen) atoms. The quantitative estimate of drug-likeness (QED) is 0.438. The Labute approximate surface area is 149 Å². The Morgan fingerprint density at radius 2 is 1.76 bits per heavy atom. The first-order valence-corrected chi connectivity index (χ1v) is 8.53. The van der Waals surface area contributed by atoms with Gasteiger partial charge in [0.1, 0.15) is 5.60 Å². The van der Waals surface area contributed by atoms with Gasteiger partial charge in [-0.3, -0.25) is 4.79 Å². The fourth-order valence-corrected chi connectivity index (χ4v) is 2.54. The van der Waals surface area contributed by atoms with Crippen molar-refractivity contribution in [3.8, 4) is 0 Å². The highest BCUT2D eigenvalue weighted by molar-refractivity contribution is 5.89. The number of hydrogen-bond acceptors (Lipinski definition) is 5. The molecule has 0 unspecified atom stereocenters. The average Bonchev–Trinajstić information content (AvgIpc) is 2.71. The third kappa shape index (κ3) is 4.84. The summed E-state index contributed by atoms with van der Waals surface area (Å²) in [5.41, 5.74) is -0.0952. The second-order valence-corrected chi connectivity index (χ2v) is 7.43. The highest BCUT2D eigenvalue weighted by Crippen LogP contribution is 2.38. The minimum Gasteiger partial charge on any atom is -0.454 e. The number of carbonyl (C=O) groups excluding carboxylic acids is 2. The molecule has 1 atom stereocenters. The Kier molecular flexibility index (Phi) is 5.55. The zero-order valence-electron chi connectivity index (χ0n) is 15.5. The molecule has 0 radical (unpaired) electrons. The average molecular weight is 346 g/mol. The summed E-state index contributed by atoms with van der Waals surface area (Å²) in [6.45, 7) is 9.18. The summed E-state index contributed by atoms with van der Waals surface area (Å²) in [5, 5.41) is 0. The van der Waals surface area contributed by atoms with E-state index in [4.69, 9.17) is 14.2 Å². The van der Waals surface area contributed by atoms with E-state index in [0.29, 0.717) is 12.0 Å². The van der Waals surface area contributed by atoms with E-state index < -0.39 is 17.4 Å². The van der Waals surface area contributed by atoms with Crippen molar-refractivity contribution in [2.75, 3.05) is 0 Å². The fraction of sp³-hybridized carbons (Fsp3) is 0.500. The summed E-state index contributed by atoms with van der Waals surface area (Å²) >= 11 is 0. The molecule has 1 heterocycles. The molecule has 136 valence electrons. The third-order valence-corrected chi connectivity index (χ3v) is 3.85. The second kappa shape index (κ2) is 7.30. The van der Waals surface area contributed by atoms with Crippen molar-refractivity contribution in [2.24, 2.45) is 5.92 Å². The van der Waals surface area contributed by atoms with Gasteiger partial charge in [-0.1, -0.05) is 50.3 Å². The Morgan fingerprint density at radius 3 is 2.20 bits per heavy atom. The zero-order chi connectivity index (χ0) is 18.7. The lowest BCUT2D eigenvalue weighted by molar-refractivity contribution is -0.220. The van der Waals surface area contributed by atoms with E-state index in [9.17, 15) is 9.59 Å². The molecule has 1 fully saturated rings. The van der Waals surface area contributed by atoms with Crippen LogP contribution in [0.2, 0.25) is 0 Å². The van der Waals surface area contributed by atoms with Crippen LogP contribution < -0.4 is 0 Å². The first kappa shape index (κ1) is 19.0. The number of carbonyl (C=O) groups is 2. The molecule has 2 rings (SSSR count). The molecule has 0 aromatic heterocycles. The van der Waals surface area contributed by atoms with Crippen LogP contribution in [0.5, 0.6) is 0 Å². The summed E-state index contributed by atoms with van der Waals surface area (Å²) in [6, 6.07) is 0. The van der Waals surface area contributed by atoms with Crippen LogP contribution in [0, 0.1) is 5.92 Å². The molecule has 0 spiro atoms. The van der Waals surface area contributed by atoms with Crippen LogP contribution >= 0.6 is 0 Å². The van der Waals surface area contributed by atoms with E-state index in [0.717, 1.165) is 0 Å². The molecule has 1 saturated heterocycles. The first-order chi connectivity index (χ1) is 11.6. The van der Waals surface area contributed by atoms with Crippen LogP contribution in [0.4, 0.5) is 0 Å². The number of allylic oxidation sites excluding steroid dienone is 7. The lowest BCUT2D eigenvalue weighted by atomic mass is 9.99. The van der Waals surface area contributed by atoms with Crippen LogP contribution in [0.15, 0.2) is 47.8 Å². The van der Waals surface area contributed by atoms with Gasteiger partial charge in [-0.05, 0) is 20.8 Å². The van der Waals surface area contributed by atoms with Crippen molar-refractivity contribution in [1.29, 1.82) is 0 Å². The minimum atomic E-state index is -1.16. The van der Waals surface area contributed by atoms with Gasteiger partial charge in [-0.2, -0.15) is 0 Å². The molecular formula is C20H26O5. The summed E-state index contributed by atoms with van der Waals surface area (Å²) in [5.74, 6) is -2.13. The van der Waals surface area contributed by atoms with E-state index >= 15 is 0 Å². The van der Waals surface area contributed by atoms with Gasteiger partial charge in [0.15, 0.2) is 0 Å². The molecule has 0 N–H and O–H groups in total. The van der Waals surface area contributed by atoms with Crippen molar-refractivity contribution < 1.29 is 23.8 Å². The zero-order valence-corrected chi connectivity index (χ0v) is 15.5. The summed E-state index contributed by atoms with van der Waals surface area (Å²) in [4.78, 5) is 24.5. The van der Waals surface area contributed by atoms with Crippen molar-refractivity contribution in [2.45, 2.75) is 58.8 Å². The predicted octanol–water partition coefficient (Wildman–Crippen LogP) is 3.97. The monoisotopic (exact) mass is 346 g/mol. The van der Waals surface area contributed by atoms with Crippen molar-refractivity contribution in [1.82, 2.24) is 0 Å². The molecule has 0 amide bonds. The fourth-order valence-electron chi connectivity index (χ4n) is 2.54. The number of hydrogen-bond donors (Lipinski definition) is 0. The normalized spacial score (nSPS) is 22.8. The van der Waals surface area contributed by atoms with E-state index in [1.165, 1.54) is 0 Å². The lowest BCUT2D eigenvalue weighted by Gasteiger charge is -2.33. The number of rotatable bonds is 4. The second-order valence-electron chi connectivity index (χ2n) is 7.43. The highest BCUT2D eigenvalue weighted by atomic mass is 16.7. The summed E-state index contributed by atoms with van der Waals surface area (Å²) in [6.07, 6.45) is 11.5. The summed E-state index contributed by atoms with van der Waals surface area (Å²) < 4.78 is 17.0. The molecule has 2 aliphatic rings. The largest absolute Gasteiger partial charge is 0.454 e. The Hall–Kier alpha value is -2.30. The van der Waals surface area contributed by atoms with E-state index in [1.54, 1.807) is 32.9 Å². The van der Waals surface area contributed by atoms with Gasteiger partial charge < -0.3 is 14.2 Å². The molecule has 1 aliphatic heterocycles. The Morgan fingerprint density at radius 1 is 1.16 bits per heavy atom. The number of cyclic esters (lactones) is 1. The number of esters is 2. The van der Waals surface area contributed by atoms with E-state index in [-0.39, 0.29) is 24.1 Å². The molecule has 0 bridgehead atoms. The maximum Gasteiger partial charge on any atom is 0.374 e. The van der Waals surface area contributed by atoms with Crippen molar-refractivity contribution >= 4 is 11.9 Å². The molecule has 0 saturated carbocycles. The maximum absolute atomic E-state index is 12.8. The third-order valence-electron chi connectivity index (χ3n) is 3.85. The molecule has 1 aliphatic carbocycles. The molecule has 0 aromatic carbocycles. The number of ether oxygens (including phenoxy) is 3. The van der Waals surface area contributed by atoms with Gasteiger partial charge in [0.25, 0.3) is 5.79 Å². The van der Waals surface area contributed by atoms with Gasteiger partial charge in [0.2, 0.25) is 5.76 Å². The van der Waals surface area contributed by atoms with Crippen LogP contribution in [0.1, 0.15) is 47.5 Å². The van der Waals surface area contributed by atoms with Crippen molar-refractivity contribution in [3.05, 3.63) is 47.8 Å². The highest BCUT2D eigenvalue weighted by Gasteiger charge is 2.47. The van der Waals surface area contributed by atoms with Crippen LogP contribution in [0.25, 0.3) is 0 Å². The first-order valence-electron chi connectivity index (χ1n) is 8.53. The smallest absolute Gasteiger partial charge is 0.374 e. The molecule has 5 nitrogen and oxygen atoms in total. The Bertz CT molecular complexity index is 640. The van der Waals surface area contributed by atoms with Crippen molar-refractivity contribution in [3.63, 3.8) is 0 Å². The topological polar surface area (TPSA) is 61.8 Å². The van der Waals surface area contributed by atoms with E-state index in [1.807, 2.05) is 38.2 Å². The Balaban J connectivity index is 2.43. The maximum atomic E-state index is 12.8. The minimum absolute atomic E-state index is 0.0505. The lowest BCUT2D eigenvalue weighted by Crippen LogP contribution is -2.40. The summed E-state index contributed by atoms with van der Waals surface area (Å²) in [7, 11) is 0. The predicted molar refractivity (Wildman–Crippen MR) is 94.3 cm³/mol. The van der Waals surface area contributed by atoms with Gasteiger partial charge in [-0.15, -0.1) is 0 Å². The standard InChI is InChI=1S/C20H26O5/c1-14(2)20(13-12-16(21)23-20)24-17(18(22)25-19(3,4)5)15-10-8-6-7-9-11-15/h6-11,14H,12-13H2,1-5H3/t20-/m0/s1. The molecular weight excluding hydrogens is 320 g/mol. The van der Waals surface area contributed by atoms with Crippen LogP contribution in [0.3, 0.4) is 0 Å². The molecule has 5 heteroatoms. The van der Waals surface area contributed by atoms with Gasteiger partial charge >= 0.3 is 11.9 Å². The van der Waals surface area contributed by atoms with Gasteiger partial charge in [0, 0.05) is 17.9 Å². The molecule has 0 aromatic rings. The van der Waals surface area contributed by atoms with Crippen LogP contribution in [-0.4, -0.2) is 23.3 Å². The van der Waals surface area contributed by atoms with Gasteiger partial charge in [0.05, 0.1) is 6.42 Å².